The van der Waals surface area contributed by atoms with Crippen LogP contribution < -0.4 is 5.32 Å². The third-order valence-corrected chi connectivity index (χ3v) is 7.21. The molecule has 0 saturated carbocycles. The van der Waals surface area contributed by atoms with E-state index in [0.29, 0.717) is 12.0 Å². The van der Waals surface area contributed by atoms with E-state index in [2.05, 4.69) is 28.3 Å². The number of carbonyl (C=O) groups is 3. The number of benzene rings is 2. The van der Waals surface area contributed by atoms with Crippen LogP contribution >= 0.6 is 0 Å². The highest BCUT2D eigenvalue weighted by Gasteiger charge is 2.41. The second-order valence-electron chi connectivity index (χ2n) is 9.31. The molecule has 2 aromatic carbocycles. The van der Waals surface area contributed by atoms with Crippen molar-refractivity contribution in [1.29, 1.82) is 0 Å². The maximum atomic E-state index is 14.6. The Morgan fingerprint density at radius 2 is 1.79 bits per heavy atom. The van der Waals surface area contributed by atoms with Crippen molar-refractivity contribution >= 4 is 17.7 Å². The van der Waals surface area contributed by atoms with E-state index in [4.69, 9.17) is 6.42 Å². The number of halogens is 1. The highest BCUT2D eigenvalue weighted by Crippen LogP contribution is 2.38. The van der Waals surface area contributed by atoms with Crippen LogP contribution in [0.4, 0.5) is 4.39 Å². The molecular weight excluding hydrogens is 433 g/mol. The topological polar surface area (TPSA) is 69.7 Å². The summed E-state index contributed by atoms with van der Waals surface area (Å²) in [5.74, 6) is 1.24. The van der Waals surface area contributed by atoms with Gasteiger partial charge in [0, 0.05) is 30.6 Å². The molecule has 0 bridgehead atoms. The van der Waals surface area contributed by atoms with Crippen LogP contribution in [0.2, 0.25) is 0 Å². The number of piperidine rings is 2. The second kappa shape index (κ2) is 9.03. The van der Waals surface area contributed by atoms with Crippen molar-refractivity contribution in [2.45, 2.75) is 50.7 Å². The molecule has 2 aromatic rings. The van der Waals surface area contributed by atoms with E-state index in [1.54, 1.807) is 6.07 Å². The first-order valence-corrected chi connectivity index (χ1v) is 11.7. The first kappa shape index (κ1) is 22.3. The lowest BCUT2D eigenvalue weighted by atomic mass is 9.85. The number of hydrogen-bond acceptors (Lipinski definition) is 4. The Morgan fingerprint density at radius 3 is 2.47 bits per heavy atom. The van der Waals surface area contributed by atoms with Crippen molar-refractivity contribution in [3.8, 4) is 12.3 Å². The smallest absolute Gasteiger partial charge is 0.255 e. The minimum atomic E-state index is -0.698. The van der Waals surface area contributed by atoms with Gasteiger partial charge in [0.2, 0.25) is 11.8 Å². The summed E-state index contributed by atoms with van der Waals surface area (Å²) in [5.41, 5.74) is 4.10. The molecule has 3 heterocycles. The molecule has 1 unspecified atom stereocenters. The molecule has 6 nitrogen and oxygen atoms in total. The minimum Gasteiger partial charge on any atom is -0.322 e. The summed E-state index contributed by atoms with van der Waals surface area (Å²) in [5, 5.41) is 2.31. The molecule has 3 aliphatic rings. The van der Waals surface area contributed by atoms with E-state index in [1.165, 1.54) is 16.5 Å². The summed E-state index contributed by atoms with van der Waals surface area (Å²) in [4.78, 5) is 40.8. The molecule has 3 aliphatic heterocycles. The van der Waals surface area contributed by atoms with Crippen LogP contribution in [0.25, 0.3) is 0 Å². The number of nitrogens with one attached hydrogen (secondary N) is 1. The predicted molar refractivity (Wildman–Crippen MR) is 124 cm³/mol. The van der Waals surface area contributed by atoms with E-state index in [-0.39, 0.29) is 30.7 Å². The number of imide groups is 1. The van der Waals surface area contributed by atoms with Crippen LogP contribution in [0.5, 0.6) is 0 Å². The minimum absolute atomic E-state index is 0.152. The van der Waals surface area contributed by atoms with Gasteiger partial charge in [-0.25, -0.2) is 4.39 Å². The maximum absolute atomic E-state index is 14.6. The van der Waals surface area contributed by atoms with Crippen LogP contribution in [0.1, 0.15) is 64.2 Å². The van der Waals surface area contributed by atoms with Crippen LogP contribution in [0.15, 0.2) is 36.4 Å². The third kappa shape index (κ3) is 4.22. The standard InChI is InChI=1S/C27H26FN3O3/c1-2-17-3-5-18(6-4-17)15-30-11-9-19(10-12-30)21-13-20(28)14-22-23(21)16-31(27(22)34)24-7-8-25(32)29-26(24)33/h1,3-6,13-14,19,24H,7-12,15-16H2,(H,29,32,33). The van der Waals surface area contributed by atoms with Gasteiger partial charge in [0.25, 0.3) is 5.91 Å². The van der Waals surface area contributed by atoms with E-state index in [1.807, 2.05) is 12.1 Å². The van der Waals surface area contributed by atoms with Gasteiger partial charge in [-0.05, 0) is 79.2 Å². The molecule has 2 saturated heterocycles. The normalized spacial score (nSPS) is 21.4. The summed E-state index contributed by atoms with van der Waals surface area (Å²) in [6.07, 6.45) is 7.65. The Bertz CT molecular complexity index is 1190. The van der Waals surface area contributed by atoms with Crippen molar-refractivity contribution in [2.75, 3.05) is 13.1 Å². The number of hydrogen-bond donors (Lipinski definition) is 1. The van der Waals surface area contributed by atoms with Crippen molar-refractivity contribution in [1.82, 2.24) is 15.1 Å². The number of amides is 3. The third-order valence-electron chi connectivity index (χ3n) is 7.21. The van der Waals surface area contributed by atoms with Gasteiger partial charge in [0.1, 0.15) is 11.9 Å². The van der Waals surface area contributed by atoms with Gasteiger partial charge < -0.3 is 4.90 Å². The van der Waals surface area contributed by atoms with Crippen molar-refractivity contribution in [3.63, 3.8) is 0 Å². The van der Waals surface area contributed by atoms with Gasteiger partial charge in [-0.1, -0.05) is 18.1 Å². The highest BCUT2D eigenvalue weighted by molar-refractivity contribution is 6.05. The zero-order chi connectivity index (χ0) is 23.8. The summed E-state index contributed by atoms with van der Waals surface area (Å²) in [6, 6.07) is 10.1. The zero-order valence-electron chi connectivity index (χ0n) is 18.9. The fourth-order valence-electron chi connectivity index (χ4n) is 5.38. The lowest BCUT2D eigenvalue weighted by Crippen LogP contribution is -2.52. The first-order chi connectivity index (χ1) is 16.4. The average Bonchev–Trinajstić information content (AvgIpc) is 3.15. The van der Waals surface area contributed by atoms with Gasteiger partial charge in [0.15, 0.2) is 0 Å². The number of fused-ring (bicyclic) bond motifs is 1. The Hall–Kier alpha value is -3.50. The monoisotopic (exact) mass is 459 g/mol. The Kier molecular flexibility index (Phi) is 5.93. The van der Waals surface area contributed by atoms with Crippen LogP contribution in [0, 0.1) is 18.2 Å². The molecule has 0 radical (unpaired) electrons. The lowest BCUT2D eigenvalue weighted by molar-refractivity contribution is -0.136. The summed E-state index contributed by atoms with van der Waals surface area (Å²) in [7, 11) is 0. The quantitative estimate of drug-likeness (QED) is 0.564. The van der Waals surface area contributed by atoms with E-state index < -0.39 is 17.8 Å². The summed E-state index contributed by atoms with van der Waals surface area (Å²) in [6.45, 7) is 2.85. The van der Waals surface area contributed by atoms with E-state index in [0.717, 1.165) is 49.2 Å². The van der Waals surface area contributed by atoms with E-state index in [9.17, 15) is 18.8 Å². The second-order valence-corrected chi connectivity index (χ2v) is 9.31. The molecule has 3 amide bonds. The van der Waals surface area contributed by atoms with Gasteiger partial charge in [-0.15, -0.1) is 6.42 Å². The van der Waals surface area contributed by atoms with Crippen molar-refractivity contribution in [3.05, 3.63) is 70.0 Å². The number of terminal acetylenes is 1. The molecule has 0 aliphatic carbocycles. The fourth-order valence-corrected chi connectivity index (χ4v) is 5.38. The predicted octanol–water partition coefficient (Wildman–Crippen LogP) is 2.95. The molecule has 0 spiro atoms. The van der Waals surface area contributed by atoms with Gasteiger partial charge >= 0.3 is 0 Å². The molecule has 5 rings (SSSR count). The highest BCUT2D eigenvalue weighted by atomic mass is 19.1. The van der Waals surface area contributed by atoms with Crippen molar-refractivity contribution < 1.29 is 18.8 Å². The number of rotatable bonds is 4. The van der Waals surface area contributed by atoms with Gasteiger partial charge in [0.05, 0.1) is 0 Å². The molecule has 0 aromatic heterocycles. The Balaban J connectivity index is 1.29. The number of likely N-dealkylation sites (tertiary alicyclic amines) is 1. The molecule has 7 heteroatoms. The SMILES string of the molecule is C#Cc1ccc(CN2CCC(c3cc(F)cc4c3CN(C3CCC(=O)NC3=O)C4=O)CC2)cc1. The number of nitrogens with zero attached hydrogens (tertiary/aromatic N) is 2. The zero-order valence-corrected chi connectivity index (χ0v) is 18.9. The maximum Gasteiger partial charge on any atom is 0.255 e. The molecule has 34 heavy (non-hydrogen) atoms. The molecule has 174 valence electrons. The molecule has 1 N–H and O–H groups in total. The molecule has 1 atom stereocenters. The van der Waals surface area contributed by atoms with Crippen LogP contribution in [-0.4, -0.2) is 46.7 Å². The lowest BCUT2D eigenvalue weighted by Gasteiger charge is -2.33. The van der Waals surface area contributed by atoms with E-state index >= 15 is 0 Å². The summed E-state index contributed by atoms with van der Waals surface area (Å²) >= 11 is 0. The molecule has 2 fully saturated rings. The fraction of sp³-hybridized carbons (Fsp3) is 0.370. The molecular formula is C27H26FN3O3. The largest absolute Gasteiger partial charge is 0.322 e. The van der Waals surface area contributed by atoms with Crippen molar-refractivity contribution in [2.24, 2.45) is 0 Å². The Morgan fingerprint density at radius 1 is 1.06 bits per heavy atom. The summed E-state index contributed by atoms with van der Waals surface area (Å²) < 4.78 is 14.6. The Labute approximate surface area is 198 Å². The van der Waals surface area contributed by atoms with Gasteiger partial charge in [-0.3, -0.25) is 24.6 Å². The van der Waals surface area contributed by atoms with Gasteiger partial charge in [-0.2, -0.15) is 0 Å². The van der Waals surface area contributed by atoms with Crippen LogP contribution in [-0.2, 0) is 22.7 Å². The average molecular weight is 460 g/mol. The number of carbonyl (C=O) groups excluding carboxylic acids is 3. The van der Waals surface area contributed by atoms with Crippen LogP contribution in [0.3, 0.4) is 0 Å². The first-order valence-electron chi connectivity index (χ1n) is 11.7.